The van der Waals surface area contributed by atoms with Gasteiger partial charge >= 0.3 is 0 Å². The molecule has 1 aromatic rings. The molecule has 1 fully saturated rings. The summed E-state index contributed by atoms with van der Waals surface area (Å²) in [5, 5.41) is 6.53. The predicted octanol–water partition coefficient (Wildman–Crippen LogP) is 1.42. The number of aromatic amines is 1. The van der Waals surface area contributed by atoms with Gasteiger partial charge in [-0.1, -0.05) is 0 Å². The van der Waals surface area contributed by atoms with Crippen LogP contribution in [0, 0.1) is 0 Å². The number of hydrogen-bond donors (Lipinski definition) is 1. The largest absolute Gasteiger partial charge is 0.372 e. The van der Waals surface area contributed by atoms with Crippen LogP contribution in [0.2, 0.25) is 0 Å². The Morgan fingerprint density at radius 3 is 2.69 bits per heavy atom. The Morgan fingerprint density at radius 2 is 2.19 bits per heavy atom. The Labute approximate surface area is 102 Å². The van der Waals surface area contributed by atoms with E-state index in [1.165, 1.54) is 0 Å². The Hall–Kier alpha value is -0.880. The monoisotopic (exact) mass is 287 g/mol. The third-order valence-electron chi connectivity index (χ3n) is 2.51. The van der Waals surface area contributed by atoms with E-state index in [9.17, 15) is 4.79 Å². The maximum absolute atomic E-state index is 12.1. The van der Waals surface area contributed by atoms with Gasteiger partial charge in [-0.15, -0.1) is 0 Å². The molecule has 2 unspecified atom stereocenters. The molecule has 0 aromatic carbocycles. The molecule has 2 atom stereocenters. The molecule has 1 aromatic heterocycles. The van der Waals surface area contributed by atoms with E-state index < -0.39 is 0 Å². The molecule has 1 aliphatic heterocycles. The van der Waals surface area contributed by atoms with E-state index in [4.69, 9.17) is 4.74 Å². The van der Waals surface area contributed by atoms with Gasteiger partial charge in [-0.25, -0.2) is 0 Å². The van der Waals surface area contributed by atoms with Crippen molar-refractivity contribution in [3.8, 4) is 0 Å². The smallest absolute Gasteiger partial charge is 0.273 e. The summed E-state index contributed by atoms with van der Waals surface area (Å²) in [7, 11) is 0. The van der Waals surface area contributed by atoms with Crippen LogP contribution in [0.4, 0.5) is 0 Å². The number of H-pyrrole nitrogens is 1. The molecule has 0 saturated carbocycles. The van der Waals surface area contributed by atoms with Crippen molar-refractivity contribution in [3.05, 3.63) is 16.4 Å². The molecule has 5 nitrogen and oxygen atoms in total. The average molecular weight is 288 g/mol. The van der Waals surface area contributed by atoms with E-state index in [0.29, 0.717) is 23.3 Å². The minimum Gasteiger partial charge on any atom is -0.372 e. The average Bonchev–Trinajstić information content (AvgIpc) is 2.62. The van der Waals surface area contributed by atoms with Gasteiger partial charge in [0.25, 0.3) is 5.91 Å². The van der Waals surface area contributed by atoms with Crippen molar-refractivity contribution in [2.75, 3.05) is 13.1 Å². The van der Waals surface area contributed by atoms with E-state index in [2.05, 4.69) is 26.1 Å². The predicted molar refractivity (Wildman–Crippen MR) is 62.2 cm³/mol. The van der Waals surface area contributed by atoms with Gasteiger partial charge in [0.15, 0.2) is 0 Å². The summed E-state index contributed by atoms with van der Waals surface area (Å²) in [6.07, 6.45) is 1.74. The topological polar surface area (TPSA) is 58.2 Å². The van der Waals surface area contributed by atoms with Crippen LogP contribution in [0.15, 0.2) is 10.7 Å². The number of carbonyl (C=O) groups is 1. The second kappa shape index (κ2) is 4.55. The third kappa shape index (κ3) is 2.27. The van der Waals surface area contributed by atoms with Crippen LogP contribution < -0.4 is 0 Å². The molecule has 0 spiro atoms. The second-order valence-corrected chi connectivity index (χ2v) is 4.91. The molecular weight excluding hydrogens is 274 g/mol. The normalized spacial score (nSPS) is 25.8. The minimum atomic E-state index is -0.0358. The van der Waals surface area contributed by atoms with Gasteiger partial charge in [0, 0.05) is 13.1 Å². The van der Waals surface area contributed by atoms with Crippen LogP contribution >= 0.6 is 15.9 Å². The lowest BCUT2D eigenvalue weighted by Crippen LogP contribution is -2.48. The van der Waals surface area contributed by atoms with E-state index >= 15 is 0 Å². The van der Waals surface area contributed by atoms with E-state index in [1.54, 1.807) is 11.1 Å². The molecule has 6 heteroatoms. The first-order valence-corrected chi connectivity index (χ1v) is 6.01. The zero-order valence-electron chi connectivity index (χ0n) is 9.24. The van der Waals surface area contributed by atoms with Crippen molar-refractivity contribution in [2.24, 2.45) is 0 Å². The number of morpholine rings is 1. The number of rotatable bonds is 1. The van der Waals surface area contributed by atoms with Crippen LogP contribution in [0.25, 0.3) is 0 Å². The summed E-state index contributed by atoms with van der Waals surface area (Å²) >= 11 is 3.29. The molecular formula is C10H14BrN3O2. The van der Waals surface area contributed by atoms with Crippen molar-refractivity contribution in [1.82, 2.24) is 15.1 Å². The third-order valence-corrected chi connectivity index (χ3v) is 3.12. The number of halogens is 1. The molecule has 1 aliphatic rings. The molecule has 1 amide bonds. The van der Waals surface area contributed by atoms with Crippen LogP contribution in [0.3, 0.4) is 0 Å². The zero-order valence-corrected chi connectivity index (χ0v) is 10.8. The van der Waals surface area contributed by atoms with Gasteiger partial charge in [0.2, 0.25) is 0 Å². The summed E-state index contributed by atoms with van der Waals surface area (Å²) in [4.78, 5) is 13.9. The number of nitrogens with zero attached hydrogens (tertiary/aromatic N) is 2. The van der Waals surface area contributed by atoms with Gasteiger partial charge < -0.3 is 9.64 Å². The quantitative estimate of drug-likeness (QED) is 0.850. The van der Waals surface area contributed by atoms with E-state index in [1.807, 2.05) is 13.8 Å². The molecule has 16 heavy (non-hydrogen) atoms. The highest BCUT2D eigenvalue weighted by Crippen LogP contribution is 2.18. The second-order valence-electron chi connectivity index (χ2n) is 4.06. The number of nitrogens with one attached hydrogen (secondary N) is 1. The van der Waals surface area contributed by atoms with Gasteiger partial charge in [-0.3, -0.25) is 9.89 Å². The zero-order chi connectivity index (χ0) is 11.7. The van der Waals surface area contributed by atoms with Crippen molar-refractivity contribution in [1.29, 1.82) is 0 Å². The van der Waals surface area contributed by atoms with Gasteiger partial charge in [0.1, 0.15) is 5.69 Å². The summed E-state index contributed by atoms with van der Waals surface area (Å²) < 4.78 is 6.28. The SMILES string of the molecule is CC1CN(C(=O)c2[nH]ncc2Br)CC(C)O1. The molecule has 2 rings (SSSR count). The van der Waals surface area contributed by atoms with Gasteiger partial charge in [-0.2, -0.15) is 5.10 Å². The number of aromatic nitrogens is 2. The minimum absolute atomic E-state index is 0.0358. The maximum Gasteiger partial charge on any atom is 0.273 e. The van der Waals surface area contributed by atoms with E-state index in [-0.39, 0.29) is 18.1 Å². The fourth-order valence-corrected chi connectivity index (χ4v) is 2.28. The lowest BCUT2D eigenvalue weighted by Gasteiger charge is -2.35. The fraction of sp³-hybridized carbons (Fsp3) is 0.600. The van der Waals surface area contributed by atoms with Gasteiger partial charge in [0.05, 0.1) is 22.9 Å². The fourth-order valence-electron chi connectivity index (χ4n) is 1.92. The Bertz CT molecular complexity index is 383. The first-order valence-electron chi connectivity index (χ1n) is 5.21. The lowest BCUT2D eigenvalue weighted by atomic mass is 10.2. The molecule has 0 bridgehead atoms. The number of hydrogen-bond acceptors (Lipinski definition) is 3. The molecule has 2 heterocycles. The summed E-state index contributed by atoms with van der Waals surface area (Å²) in [6, 6.07) is 0. The maximum atomic E-state index is 12.1. The molecule has 0 aliphatic carbocycles. The standard InChI is InChI=1S/C10H14BrN3O2/c1-6-4-14(5-7(2)16-6)10(15)9-8(11)3-12-13-9/h3,6-7H,4-5H2,1-2H3,(H,12,13). The van der Waals surface area contributed by atoms with Crippen LogP contribution in [-0.2, 0) is 4.74 Å². The molecule has 88 valence electrons. The van der Waals surface area contributed by atoms with Crippen molar-refractivity contribution >= 4 is 21.8 Å². The van der Waals surface area contributed by atoms with Crippen molar-refractivity contribution < 1.29 is 9.53 Å². The number of ether oxygens (including phenoxy) is 1. The number of carbonyl (C=O) groups excluding carboxylic acids is 1. The lowest BCUT2D eigenvalue weighted by molar-refractivity contribution is -0.0587. The first-order chi connectivity index (χ1) is 7.58. The summed E-state index contributed by atoms with van der Waals surface area (Å²) in [5.74, 6) is -0.0358. The first kappa shape index (κ1) is 11.6. The highest BCUT2D eigenvalue weighted by atomic mass is 79.9. The highest BCUT2D eigenvalue weighted by Gasteiger charge is 2.28. The molecule has 0 radical (unpaired) electrons. The van der Waals surface area contributed by atoms with Crippen LogP contribution in [0.5, 0.6) is 0 Å². The molecule has 1 N–H and O–H groups in total. The summed E-state index contributed by atoms with van der Waals surface area (Å²) in [5.41, 5.74) is 0.501. The van der Waals surface area contributed by atoms with Crippen LogP contribution in [0.1, 0.15) is 24.3 Å². The summed E-state index contributed by atoms with van der Waals surface area (Å²) in [6.45, 7) is 5.18. The van der Waals surface area contributed by atoms with Crippen molar-refractivity contribution in [2.45, 2.75) is 26.1 Å². The Balaban J connectivity index is 2.13. The van der Waals surface area contributed by atoms with E-state index in [0.717, 1.165) is 0 Å². The van der Waals surface area contributed by atoms with Gasteiger partial charge in [-0.05, 0) is 29.8 Å². The Morgan fingerprint density at radius 1 is 1.56 bits per heavy atom. The molecule has 1 saturated heterocycles. The Kier molecular flexibility index (Phi) is 3.30. The highest BCUT2D eigenvalue weighted by molar-refractivity contribution is 9.10. The number of amides is 1. The van der Waals surface area contributed by atoms with Crippen LogP contribution in [-0.4, -0.2) is 46.3 Å². The van der Waals surface area contributed by atoms with Crippen molar-refractivity contribution in [3.63, 3.8) is 0 Å².